The fraction of sp³-hybridized carbons (Fsp3) is 0.471. The van der Waals surface area contributed by atoms with Gasteiger partial charge < -0.3 is 10.2 Å². The van der Waals surface area contributed by atoms with E-state index in [1.54, 1.807) is 6.33 Å². The van der Waals surface area contributed by atoms with Gasteiger partial charge in [-0.25, -0.2) is 9.97 Å². The summed E-state index contributed by atoms with van der Waals surface area (Å²) in [5.41, 5.74) is 2.43. The van der Waals surface area contributed by atoms with Gasteiger partial charge in [0, 0.05) is 57.7 Å². The first kappa shape index (κ1) is 15.7. The predicted molar refractivity (Wildman–Crippen MR) is 92.6 cm³/mol. The summed E-state index contributed by atoms with van der Waals surface area (Å²) in [6, 6.07) is 6.60. The van der Waals surface area contributed by atoms with Crippen LogP contribution in [0.5, 0.6) is 0 Å². The Hall–Kier alpha value is -2.21. The number of pyridine rings is 1. The van der Waals surface area contributed by atoms with Crippen LogP contribution in [0.3, 0.4) is 0 Å². The van der Waals surface area contributed by atoms with Gasteiger partial charge in [-0.15, -0.1) is 0 Å². The van der Waals surface area contributed by atoms with Crippen molar-refractivity contribution < 1.29 is 0 Å². The highest BCUT2D eigenvalue weighted by molar-refractivity contribution is 5.48. The average molecular weight is 312 g/mol. The number of hydrogen-bond acceptors (Lipinski definition) is 6. The Kier molecular flexibility index (Phi) is 4.71. The molecule has 0 radical (unpaired) electrons. The van der Waals surface area contributed by atoms with E-state index >= 15 is 0 Å². The summed E-state index contributed by atoms with van der Waals surface area (Å²) in [6.07, 6.45) is 4.59. The minimum absolute atomic E-state index is 0.428. The van der Waals surface area contributed by atoms with Crippen molar-refractivity contribution in [1.29, 1.82) is 0 Å². The van der Waals surface area contributed by atoms with Crippen LogP contribution in [-0.4, -0.2) is 53.1 Å². The molecule has 6 nitrogen and oxygen atoms in total. The number of aryl methyl sites for hydroxylation is 1. The highest BCUT2D eigenvalue weighted by Crippen LogP contribution is 2.19. The second kappa shape index (κ2) is 6.91. The van der Waals surface area contributed by atoms with E-state index in [-0.39, 0.29) is 0 Å². The molecule has 23 heavy (non-hydrogen) atoms. The third-order valence-electron chi connectivity index (χ3n) is 4.25. The zero-order chi connectivity index (χ0) is 16.2. The van der Waals surface area contributed by atoms with Crippen molar-refractivity contribution in [2.75, 3.05) is 37.4 Å². The first-order valence-corrected chi connectivity index (χ1v) is 8.00. The highest BCUT2D eigenvalue weighted by atomic mass is 15.2. The van der Waals surface area contributed by atoms with E-state index in [1.165, 1.54) is 5.56 Å². The minimum atomic E-state index is 0.428. The fourth-order valence-electron chi connectivity index (χ4n) is 2.90. The number of hydrogen-bond donors (Lipinski definition) is 1. The molecule has 2 aromatic heterocycles. The van der Waals surface area contributed by atoms with Crippen molar-refractivity contribution in [3.63, 3.8) is 0 Å². The Balaban J connectivity index is 1.58. The molecule has 6 heteroatoms. The number of nitrogens with zero attached hydrogens (tertiary/aromatic N) is 5. The minimum Gasteiger partial charge on any atom is -0.366 e. The van der Waals surface area contributed by atoms with Crippen LogP contribution in [0, 0.1) is 6.92 Å². The number of likely N-dealkylation sites (tertiary alicyclic amines) is 1. The van der Waals surface area contributed by atoms with E-state index in [4.69, 9.17) is 0 Å². The molecule has 0 saturated carbocycles. The maximum absolute atomic E-state index is 4.37. The van der Waals surface area contributed by atoms with Crippen LogP contribution in [-0.2, 0) is 6.54 Å². The lowest BCUT2D eigenvalue weighted by Crippen LogP contribution is -2.26. The molecular weight excluding hydrogens is 288 g/mol. The van der Waals surface area contributed by atoms with Crippen molar-refractivity contribution >= 4 is 11.6 Å². The van der Waals surface area contributed by atoms with E-state index in [0.29, 0.717) is 6.04 Å². The molecule has 1 fully saturated rings. The third kappa shape index (κ3) is 3.96. The zero-order valence-corrected chi connectivity index (χ0v) is 14.0. The predicted octanol–water partition coefficient (Wildman–Crippen LogP) is 1.93. The van der Waals surface area contributed by atoms with Gasteiger partial charge in [-0.05, 0) is 25.0 Å². The summed E-state index contributed by atoms with van der Waals surface area (Å²) in [4.78, 5) is 17.4. The van der Waals surface area contributed by atoms with Gasteiger partial charge in [0.05, 0.1) is 0 Å². The Morgan fingerprint density at radius 3 is 2.96 bits per heavy atom. The molecule has 0 aliphatic carbocycles. The molecule has 1 saturated heterocycles. The second-order valence-electron chi connectivity index (χ2n) is 6.27. The smallest absolute Gasteiger partial charge is 0.133 e. The maximum atomic E-state index is 4.37. The van der Waals surface area contributed by atoms with Crippen LogP contribution >= 0.6 is 0 Å². The molecule has 0 aromatic carbocycles. The van der Waals surface area contributed by atoms with Gasteiger partial charge in [-0.3, -0.25) is 9.88 Å². The normalized spacial score (nSPS) is 18.1. The molecule has 1 aliphatic heterocycles. The van der Waals surface area contributed by atoms with Gasteiger partial charge in [-0.1, -0.05) is 6.07 Å². The van der Waals surface area contributed by atoms with Crippen molar-refractivity contribution in [1.82, 2.24) is 19.9 Å². The zero-order valence-electron chi connectivity index (χ0n) is 14.0. The Labute approximate surface area is 137 Å². The van der Waals surface area contributed by atoms with Crippen molar-refractivity contribution in [2.24, 2.45) is 0 Å². The lowest BCUT2D eigenvalue weighted by atomic mass is 10.2. The van der Waals surface area contributed by atoms with Crippen LogP contribution in [0.25, 0.3) is 0 Å². The SMILES string of the molecule is Cc1ncccc1CN1CCC(Nc2cc(N(C)C)ncn2)C1. The van der Waals surface area contributed by atoms with E-state index in [1.807, 2.05) is 37.3 Å². The molecule has 2 aromatic rings. The summed E-state index contributed by atoms with van der Waals surface area (Å²) in [5.74, 6) is 1.82. The van der Waals surface area contributed by atoms with E-state index in [0.717, 1.165) is 43.4 Å². The summed E-state index contributed by atoms with van der Waals surface area (Å²) in [7, 11) is 3.97. The molecule has 1 atom stereocenters. The number of anilines is 2. The first-order valence-electron chi connectivity index (χ1n) is 8.00. The van der Waals surface area contributed by atoms with Gasteiger partial charge in [0.1, 0.15) is 18.0 Å². The molecule has 1 aliphatic rings. The summed E-state index contributed by atoms with van der Waals surface area (Å²) in [6.45, 7) is 5.16. The molecular formula is C17H24N6. The van der Waals surface area contributed by atoms with Gasteiger partial charge in [0.2, 0.25) is 0 Å². The molecule has 1 N–H and O–H groups in total. The van der Waals surface area contributed by atoms with E-state index in [9.17, 15) is 0 Å². The van der Waals surface area contributed by atoms with Crippen molar-refractivity contribution in [3.05, 3.63) is 42.0 Å². The average Bonchev–Trinajstić information content (AvgIpc) is 2.97. The standard InChI is InChI=1S/C17H24N6/c1-13-14(5-4-7-18-13)10-23-8-6-15(11-23)21-16-9-17(22(2)3)20-12-19-16/h4-5,7,9,12,15H,6,8,10-11H2,1-3H3,(H,19,20,21). The van der Waals surface area contributed by atoms with Gasteiger partial charge in [0.25, 0.3) is 0 Å². The Morgan fingerprint density at radius 1 is 1.30 bits per heavy atom. The molecule has 0 amide bonds. The molecule has 122 valence electrons. The Bertz CT molecular complexity index is 657. The van der Waals surface area contributed by atoms with Crippen LogP contribution in [0.15, 0.2) is 30.7 Å². The monoisotopic (exact) mass is 312 g/mol. The summed E-state index contributed by atoms with van der Waals surface area (Å²) < 4.78 is 0. The molecule has 0 spiro atoms. The first-order chi connectivity index (χ1) is 11.1. The van der Waals surface area contributed by atoms with E-state index in [2.05, 4.69) is 38.2 Å². The molecule has 0 bridgehead atoms. The summed E-state index contributed by atoms with van der Waals surface area (Å²) in [5, 5.41) is 3.53. The molecule has 3 rings (SSSR count). The van der Waals surface area contributed by atoms with Gasteiger partial charge >= 0.3 is 0 Å². The topological polar surface area (TPSA) is 57.2 Å². The van der Waals surface area contributed by atoms with Gasteiger partial charge in [0.15, 0.2) is 0 Å². The molecule has 1 unspecified atom stereocenters. The number of rotatable bonds is 5. The van der Waals surface area contributed by atoms with Crippen molar-refractivity contribution in [2.45, 2.75) is 25.9 Å². The number of aromatic nitrogens is 3. The quantitative estimate of drug-likeness (QED) is 0.910. The highest BCUT2D eigenvalue weighted by Gasteiger charge is 2.23. The summed E-state index contributed by atoms with van der Waals surface area (Å²) >= 11 is 0. The fourth-order valence-corrected chi connectivity index (χ4v) is 2.90. The number of nitrogens with one attached hydrogen (secondary N) is 1. The third-order valence-corrected chi connectivity index (χ3v) is 4.25. The lowest BCUT2D eigenvalue weighted by Gasteiger charge is -2.18. The lowest BCUT2D eigenvalue weighted by molar-refractivity contribution is 0.327. The van der Waals surface area contributed by atoms with Crippen molar-refractivity contribution in [3.8, 4) is 0 Å². The van der Waals surface area contributed by atoms with Gasteiger partial charge in [-0.2, -0.15) is 0 Å². The maximum Gasteiger partial charge on any atom is 0.133 e. The largest absolute Gasteiger partial charge is 0.366 e. The van der Waals surface area contributed by atoms with Crippen LogP contribution in [0.1, 0.15) is 17.7 Å². The van der Waals surface area contributed by atoms with Crippen LogP contribution in [0.2, 0.25) is 0 Å². The van der Waals surface area contributed by atoms with E-state index < -0.39 is 0 Å². The van der Waals surface area contributed by atoms with Crippen LogP contribution in [0.4, 0.5) is 11.6 Å². The second-order valence-corrected chi connectivity index (χ2v) is 6.27. The molecule has 3 heterocycles. The Morgan fingerprint density at radius 2 is 2.17 bits per heavy atom. The van der Waals surface area contributed by atoms with Crippen LogP contribution < -0.4 is 10.2 Å².